The van der Waals surface area contributed by atoms with E-state index in [0.717, 1.165) is 93.6 Å². The molecule has 0 aliphatic heterocycles. The van der Waals surface area contributed by atoms with E-state index in [1.54, 1.807) is 0 Å². The SMILES string of the molecule is N#Cc1cccc(-c2cccc(-c3ccc4c5ccc(-c6cccc(-c7nc(-c8ccccc8)nc(-c8ccccc8)n7)c6)cc5c5oc6ccccc6c5c4c3)c2)c1. The molecule has 5 nitrogen and oxygen atoms in total. The van der Waals surface area contributed by atoms with Crippen molar-refractivity contribution in [3.8, 4) is 73.6 Å². The van der Waals surface area contributed by atoms with Crippen molar-refractivity contribution >= 4 is 43.5 Å². The van der Waals surface area contributed by atoms with Crippen LogP contribution >= 0.6 is 0 Å². The number of rotatable bonds is 6. The Labute approximate surface area is 340 Å². The lowest BCUT2D eigenvalue weighted by Gasteiger charge is -2.12. The Morgan fingerprint density at radius 3 is 1.42 bits per heavy atom. The van der Waals surface area contributed by atoms with Crippen LogP contribution in [0, 0.1) is 11.3 Å². The number of benzene rings is 9. The third-order valence-electron chi connectivity index (χ3n) is 11.1. The number of aromatic nitrogens is 3. The first-order chi connectivity index (χ1) is 29.2. The van der Waals surface area contributed by atoms with E-state index in [0.29, 0.717) is 23.0 Å². The minimum Gasteiger partial charge on any atom is -0.455 e. The van der Waals surface area contributed by atoms with Gasteiger partial charge in [0.25, 0.3) is 0 Å². The molecule has 11 aromatic rings. The highest BCUT2D eigenvalue weighted by atomic mass is 16.3. The summed E-state index contributed by atoms with van der Waals surface area (Å²) >= 11 is 0. The van der Waals surface area contributed by atoms with Gasteiger partial charge in [-0.25, -0.2) is 15.0 Å². The molecular formula is C54H32N4O. The summed E-state index contributed by atoms with van der Waals surface area (Å²) in [4.78, 5) is 14.9. The van der Waals surface area contributed by atoms with Gasteiger partial charge in [0, 0.05) is 32.8 Å². The molecule has 274 valence electrons. The molecule has 9 aromatic carbocycles. The minimum atomic E-state index is 0.614. The number of nitrogens with zero attached hydrogens (tertiary/aromatic N) is 4. The van der Waals surface area contributed by atoms with Crippen LogP contribution in [0.5, 0.6) is 0 Å². The first kappa shape index (κ1) is 34.1. The lowest BCUT2D eigenvalue weighted by atomic mass is 9.91. The number of hydrogen-bond donors (Lipinski definition) is 0. The second-order valence-electron chi connectivity index (χ2n) is 14.7. The third-order valence-corrected chi connectivity index (χ3v) is 11.1. The highest BCUT2D eigenvalue weighted by Crippen LogP contribution is 2.43. The van der Waals surface area contributed by atoms with Gasteiger partial charge in [-0.05, 0) is 92.0 Å². The van der Waals surface area contributed by atoms with Crippen LogP contribution in [0.4, 0.5) is 0 Å². The number of furan rings is 1. The van der Waals surface area contributed by atoms with Crippen molar-refractivity contribution in [1.82, 2.24) is 15.0 Å². The van der Waals surface area contributed by atoms with E-state index in [1.807, 2.05) is 91.0 Å². The van der Waals surface area contributed by atoms with Gasteiger partial charge in [0.2, 0.25) is 0 Å². The number of nitriles is 1. The standard InChI is InChI=1S/C54H32N4O/c55-33-34-12-9-17-37(28-34)38-18-10-19-39(29-38)41-24-26-44-45-27-25-42(32-48(45)51-50(47(44)31-41)46-22-7-8-23-49(46)59-51)40-20-11-21-43(30-40)54-57-52(35-13-3-1-4-14-35)56-53(58-54)36-15-5-2-6-16-36/h1-32H. The maximum absolute atomic E-state index is 9.51. The van der Waals surface area contributed by atoms with Crippen molar-refractivity contribution in [2.75, 3.05) is 0 Å². The normalized spacial score (nSPS) is 11.4. The van der Waals surface area contributed by atoms with Gasteiger partial charge in [-0.3, -0.25) is 0 Å². The van der Waals surface area contributed by atoms with Crippen LogP contribution in [0.1, 0.15) is 5.56 Å². The Morgan fingerprint density at radius 2 is 0.797 bits per heavy atom. The van der Waals surface area contributed by atoms with E-state index in [2.05, 4.69) is 109 Å². The topological polar surface area (TPSA) is 75.6 Å². The van der Waals surface area contributed by atoms with Gasteiger partial charge in [-0.2, -0.15) is 5.26 Å². The molecule has 0 saturated carbocycles. The predicted octanol–water partition coefficient (Wildman–Crippen LogP) is 14.0. The molecule has 0 aliphatic carbocycles. The fourth-order valence-corrected chi connectivity index (χ4v) is 8.24. The summed E-state index contributed by atoms with van der Waals surface area (Å²) in [6, 6.07) is 68.8. The van der Waals surface area contributed by atoms with E-state index in [1.165, 1.54) is 0 Å². The third kappa shape index (κ3) is 6.08. The zero-order valence-electron chi connectivity index (χ0n) is 31.7. The van der Waals surface area contributed by atoms with Crippen molar-refractivity contribution < 1.29 is 4.42 Å². The van der Waals surface area contributed by atoms with Crippen LogP contribution < -0.4 is 0 Å². The Bertz CT molecular complexity index is 3400. The molecule has 0 unspecified atom stereocenters. The molecule has 0 bridgehead atoms. The van der Waals surface area contributed by atoms with Crippen LogP contribution in [0.25, 0.3) is 111 Å². The number of para-hydroxylation sites is 1. The van der Waals surface area contributed by atoms with Gasteiger partial charge in [0.05, 0.1) is 11.6 Å². The molecule has 0 atom stereocenters. The van der Waals surface area contributed by atoms with Crippen LogP contribution in [-0.4, -0.2) is 15.0 Å². The van der Waals surface area contributed by atoms with Crippen molar-refractivity contribution in [2.24, 2.45) is 0 Å². The average Bonchev–Trinajstić information content (AvgIpc) is 3.72. The van der Waals surface area contributed by atoms with Crippen LogP contribution in [0.15, 0.2) is 199 Å². The fraction of sp³-hybridized carbons (Fsp3) is 0. The van der Waals surface area contributed by atoms with Gasteiger partial charge in [-0.15, -0.1) is 0 Å². The summed E-state index contributed by atoms with van der Waals surface area (Å²) in [5, 5.41) is 16.2. The summed E-state index contributed by atoms with van der Waals surface area (Å²) < 4.78 is 6.76. The van der Waals surface area contributed by atoms with E-state index < -0.39 is 0 Å². The zero-order valence-corrected chi connectivity index (χ0v) is 31.7. The monoisotopic (exact) mass is 752 g/mol. The molecule has 5 heteroatoms. The maximum atomic E-state index is 9.51. The highest BCUT2D eigenvalue weighted by molar-refractivity contribution is 6.30. The smallest absolute Gasteiger partial charge is 0.164 e. The number of hydrogen-bond acceptors (Lipinski definition) is 5. The maximum Gasteiger partial charge on any atom is 0.164 e. The van der Waals surface area contributed by atoms with E-state index in [4.69, 9.17) is 19.4 Å². The van der Waals surface area contributed by atoms with Crippen LogP contribution in [-0.2, 0) is 0 Å². The molecule has 11 rings (SSSR count). The highest BCUT2D eigenvalue weighted by Gasteiger charge is 2.18. The van der Waals surface area contributed by atoms with Crippen LogP contribution in [0.3, 0.4) is 0 Å². The van der Waals surface area contributed by atoms with E-state index in [9.17, 15) is 5.26 Å². The first-order valence-electron chi connectivity index (χ1n) is 19.6. The lowest BCUT2D eigenvalue weighted by Crippen LogP contribution is -2.00. The Balaban J connectivity index is 1.05. The van der Waals surface area contributed by atoms with Gasteiger partial charge in [0.15, 0.2) is 17.5 Å². The van der Waals surface area contributed by atoms with Crippen LogP contribution in [0.2, 0.25) is 0 Å². The Kier molecular flexibility index (Phi) is 8.13. The quantitative estimate of drug-likeness (QED) is 0.158. The molecule has 0 spiro atoms. The molecule has 2 heterocycles. The molecule has 2 aromatic heterocycles. The summed E-state index contributed by atoms with van der Waals surface area (Å²) in [6.07, 6.45) is 0. The van der Waals surface area contributed by atoms with E-state index >= 15 is 0 Å². The molecule has 0 aliphatic rings. The van der Waals surface area contributed by atoms with Gasteiger partial charge in [-0.1, -0.05) is 152 Å². The van der Waals surface area contributed by atoms with Crippen molar-refractivity contribution in [3.63, 3.8) is 0 Å². The van der Waals surface area contributed by atoms with E-state index in [-0.39, 0.29) is 0 Å². The predicted molar refractivity (Wildman–Crippen MR) is 239 cm³/mol. The summed E-state index contributed by atoms with van der Waals surface area (Å²) in [5.74, 6) is 1.87. The van der Waals surface area contributed by atoms with Crippen molar-refractivity contribution in [1.29, 1.82) is 5.26 Å². The largest absolute Gasteiger partial charge is 0.455 e. The number of fused-ring (bicyclic) bond motifs is 8. The first-order valence-corrected chi connectivity index (χ1v) is 19.6. The fourth-order valence-electron chi connectivity index (χ4n) is 8.24. The van der Waals surface area contributed by atoms with Crippen molar-refractivity contribution in [2.45, 2.75) is 0 Å². The van der Waals surface area contributed by atoms with Gasteiger partial charge in [0.1, 0.15) is 11.2 Å². The molecule has 0 fully saturated rings. The Hall–Kier alpha value is -8.20. The second-order valence-corrected chi connectivity index (χ2v) is 14.7. The minimum absolute atomic E-state index is 0.614. The molecule has 0 N–H and O–H groups in total. The summed E-state index contributed by atoms with van der Waals surface area (Å²) in [5.41, 5.74) is 11.5. The Morgan fingerprint density at radius 1 is 0.339 bits per heavy atom. The average molecular weight is 753 g/mol. The summed E-state index contributed by atoms with van der Waals surface area (Å²) in [7, 11) is 0. The molecule has 59 heavy (non-hydrogen) atoms. The molecule has 0 saturated heterocycles. The molecule has 0 radical (unpaired) electrons. The van der Waals surface area contributed by atoms with Gasteiger partial charge >= 0.3 is 0 Å². The molecule has 0 amide bonds. The van der Waals surface area contributed by atoms with Crippen molar-refractivity contribution in [3.05, 3.63) is 200 Å². The second kappa shape index (κ2) is 14.1. The zero-order chi connectivity index (χ0) is 39.3. The molecular weight excluding hydrogens is 721 g/mol. The van der Waals surface area contributed by atoms with Gasteiger partial charge < -0.3 is 4.42 Å². The summed E-state index contributed by atoms with van der Waals surface area (Å²) in [6.45, 7) is 0. The lowest BCUT2D eigenvalue weighted by molar-refractivity contribution is 0.673.